The lowest BCUT2D eigenvalue weighted by atomic mass is 10.3. The summed E-state index contributed by atoms with van der Waals surface area (Å²) < 4.78 is 6.64. The van der Waals surface area contributed by atoms with Crippen LogP contribution < -0.4 is 5.32 Å². The Morgan fingerprint density at radius 3 is 2.93 bits per heavy atom. The van der Waals surface area contributed by atoms with E-state index in [0.717, 1.165) is 12.4 Å². The molecule has 0 aliphatic heterocycles. The van der Waals surface area contributed by atoms with Crippen LogP contribution in [0.1, 0.15) is 12.7 Å². The first-order valence-electron chi connectivity index (χ1n) is 4.98. The maximum Gasteiger partial charge on any atom is 0.324 e. The molecule has 0 saturated heterocycles. The second-order valence-corrected chi connectivity index (χ2v) is 3.26. The quantitative estimate of drug-likeness (QED) is 0.714. The smallest absolute Gasteiger partial charge is 0.324 e. The summed E-state index contributed by atoms with van der Waals surface area (Å²) >= 11 is 0. The number of nitrogens with zero attached hydrogens (tertiary/aromatic N) is 2. The summed E-state index contributed by atoms with van der Waals surface area (Å²) in [5.74, 6) is 0.645. The van der Waals surface area contributed by atoms with Crippen LogP contribution in [0.2, 0.25) is 0 Å². The second-order valence-electron chi connectivity index (χ2n) is 3.26. The average Bonchev–Trinajstić information content (AvgIpc) is 2.63. The van der Waals surface area contributed by atoms with Crippen molar-refractivity contribution in [3.05, 3.63) is 18.2 Å². The van der Waals surface area contributed by atoms with E-state index in [0.29, 0.717) is 6.54 Å². The van der Waals surface area contributed by atoms with Crippen molar-refractivity contribution in [2.45, 2.75) is 26.4 Å². The minimum absolute atomic E-state index is 0.245. The van der Waals surface area contributed by atoms with E-state index in [1.54, 1.807) is 6.20 Å². The Labute approximate surface area is 89.4 Å². The van der Waals surface area contributed by atoms with Crippen LogP contribution in [0.3, 0.4) is 0 Å². The first kappa shape index (κ1) is 11.7. The van der Waals surface area contributed by atoms with E-state index >= 15 is 0 Å². The lowest BCUT2D eigenvalue weighted by molar-refractivity contribution is -0.143. The fourth-order valence-electron chi connectivity index (χ4n) is 1.40. The third-order valence-electron chi connectivity index (χ3n) is 2.24. The number of likely N-dealkylation sites (N-methyl/N-ethyl adjacent to an activating group) is 1. The van der Waals surface area contributed by atoms with Crippen LogP contribution in [0.4, 0.5) is 0 Å². The van der Waals surface area contributed by atoms with Crippen molar-refractivity contribution >= 4 is 5.97 Å². The molecule has 0 amide bonds. The van der Waals surface area contributed by atoms with Gasteiger partial charge in [-0.3, -0.25) is 4.79 Å². The van der Waals surface area contributed by atoms with Crippen LogP contribution in [0.15, 0.2) is 12.4 Å². The Bertz CT molecular complexity index is 322. The number of hydrogen-bond acceptors (Lipinski definition) is 4. The Morgan fingerprint density at radius 1 is 1.73 bits per heavy atom. The topological polar surface area (TPSA) is 56.2 Å². The van der Waals surface area contributed by atoms with E-state index in [1.165, 1.54) is 7.11 Å². The summed E-state index contributed by atoms with van der Waals surface area (Å²) in [5.41, 5.74) is 0. The highest BCUT2D eigenvalue weighted by molar-refractivity contribution is 5.75. The molecule has 84 valence electrons. The Morgan fingerprint density at radius 2 is 2.47 bits per heavy atom. The fourth-order valence-corrected chi connectivity index (χ4v) is 1.40. The number of rotatable bonds is 5. The number of methoxy groups -OCH3 is 1. The van der Waals surface area contributed by atoms with Crippen LogP contribution in [0.25, 0.3) is 0 Å². The monoisotopic (exact) mass is 211 g/mol. The molecule has 1 aromatic heterocycles. The zero-order valence-electron chi connectivity index (χ0n) is 9.36. The van der Waals surface area contributed by atoms with E-state index in [4.69, 9.17) is 4.74 Å². The summed E-state index contributed by atoms with van der Waals surface area (Å²) in [6, 6.07) is -0.312. The molecule has 5 nitrogen and oxygen atoms in total. The molecule has 0 fully saturated rings. The van der Waals surface area contributed by atoms with Gasteiger partial charge in [0.05, 0.1) is 7.11 Å². The number of imidazole rings is 1. The van der Waals surface area contributed by atoms with Crippen molar-refractivity contribution in [3.8, 4) is 0 Å². The second kappa shape index (κ2) is 5.50. The highest BCUT2D eigenvalue weighted by Crippen LogP contribution is 1.99. The lowest BCUT2D eigenvalue weighted by Crippen LogP contribution is -2.41. The molecular weight excluding hydrogens is 194 g/mol. The predicted molar refractivity (Wildman–Crippen MR) is 56.4 cm³/mol. The molecule has 0 saturated carbocycles. The summed E-state index contributed by atoms with van der Waals surface area (Å²) in [6.45, 7) is 5.14. The fraction of sp³-hybridized carbons (Fsp3) is 0.600. The molecule has 1 atom stereocenters. The summed E-state index contributed by atoms with van der Waals surface area (Å²) in [5, 5.41) is 3.08. The molecular formula is C10H17N3O2. The van der Waals surface area contributed by atoms with Gasteiger partial charge in [0.15, 0.2) is 0 Å². The average molecular weight is 211 g/mol. The third kappa shape index (κ3) is 3.06. The van der Waals surface area contributed by atoms with E-state index in [9.17, 15) is 4.79 Å². The number of esters is 1. The number of carbonyl (C=O) groups excluding carboxylic acids is 1. The minimum atomic E-state index is -0.312. The molecule has 0 bridgehead atoms. The van der Waals surface area contributed by atoms with Crippen LogP contribution >= 0.6 is 0 Å². The van der Waals surface area contributed by atoms with Gasteiger partial charge in [0.25, 0.3) is 0 Å². The SMILES string of the molecule is CCNC(Cn1ccnc1C)C(=O)OC. The van der Waals surface area contributed by atoms with Gasteiger partial charge < -0.3 is 14.6 Å². The maximum absolute atomic E-state index is 11.4. The molecule has 0 aliphatic rings. The Kier molecular flexibility index (Phi) is 4.30. The zero-order chi connectivity index (χ0) is 11.3. The third-order valence-corrected chi connectivity index (χ3v) is 2.24. The van der Waals surface area contributed by atoms with Gasteiger partial charge >= 0.3 is 5.97 Å². The molecule has 1 unspecified atom stereocenters. The molecule has 5 heteroatoms. The van der Waals surface area contributed by atoms with Crippen molar-refractivity contribution in [3.63, 3.8) is 0 Å². The van der Waals surface area contributed by atoms with Crippen molar-refractivity contribution in [2.24, 2.45) is 0 Å². The van der Waals surface area contributed by atoms with Crippen molar-refractivity contribution in [1.29, 1.82) is 0 Å². The maximum atomic E-state index is 11.4. The van der Waals surface area contributed by atoms with Crippen molar-refractivity contribution in [1.82, 2.24) is 14.9 Å². The molecule has 1 N–H and O–H groups in total. The van der Waals surface area contributed by atoms with Gasteiger partial charge in [-0.05, 0) is 13.5 Å². The number of nitrogens with one attached hydrogen (secondary N) is 1. The molecule has 1 rings (SSSR count). The largest absolute Gasteiger partial charge is 0.468 e. The summed E-state index contributed by atoms with van der Waals surface area (Å²) in [6.07, 6.45) is 3.57. The van der Waals surface area contributed by atoms with Crippen LogP contribution in [0.5, 0.6) is 0 Å². The predicted octanol–water partition coefficient (Wildman–Crippen LogP) is 0.343. The number of carbonyl (C=O) groups is 1. The van der Waals surface area contributed by atoms with Gasteiger partial charge in [0.1, 0.15) is 11.9 Å². The van der Waals surface area contributed by atoms with Crippen LogP contribution in [-0.2, 0) is 16.1 Å². The number of aryl methyl sites for hydroxylation is 1. The van der Waals surface area contributed by atoms with Gasteiger partial charge in [0.2, 0.25) is 0 Å². The molecule has 1 heterocycles. The Hall–Kier alpha value is -1.36. The van der Waals surface area contributed by atoms with Gasteiger partial charge in [-0.2, -0.15) is 0 Å². The molecule has 0 aliphatic carbocycles. The molecule has 0 aromatic carbocycles. The molecule has 0 spiro atoms. The Balaban J connectivity index is 2.66. The van der Waals surface area contributed by atoms with E-state index in [2.05, 4.69) is 10.3 Å². The number of aromatic nitrogens is 2. The standard InChI is InChI=1S/C10H17N3O2/c1-4-11-9(10(14)15-3)7-13-6-5-12-8(13)2/h5-6,9,11H,4,7H2,1-3H3. The summed E-state index contributed by atoms with van der Waals surface area (Å²) in [4.78, 5) is 15.5. The highest BCUT2D eigenvalue weighted by atomic mass is 16.5. The highest BCUT2D eigenvalue weighted by Gasteiger charge is 2.18. The van der Waals surface area contributed by atoms with Gasteiger partial charge in [-0.1, -0.05) is 6.92 Å². The van der Waals surface area contributed by atoms with Gasteiger partial charge in [0, 0.05) is 18.9 Å². The van der Waals surface area contributed by atoms with E-state index in [1.807, 2.05) is 24.6 Å². The van der Waals surface area contributed by atoms with Gasteiger partial charge in [-0.25, -0.2) is 4.98 Å². The lowest BCUT2D eigenvalue weighted by Gasteiger charge is -2.16. The first-order chi connectivity index (χ1) is 7.19. The molecule has 1 aromatic rings. The summed E-state index contributed by atoms with van der Waals surface area (Å²) in [7, 11) is 1.40. The zero-order valence-corrected chi connectivity index (χ0v) is 9.36. The van der Waals surface area contributed by atoms with Crippen LogP contribution in [0, 0.1) is 6.92 Å². The number of ether oxygens (including phenoxy) is 1. The van der Waals surface area contributed by atoms with Crippen LogP contribution in [-0.4, -0.2) is 35.2 Å². The number of hydrogen-bond donors (Lipinski definition) is 1. The normalized spacial score (nSPS) is 12.5. The first-order valence-corrected chi connectivity index (χ1v) is 4.98. The van der Waals surface area contributed by atoms with E-state index in [-0.39, 0.29) is 12.0 Å². The minimum Gasteiger partial charge on any atom is -0.468 e. The van der Waals surface area contributed by atoms with E-state index < -0.39 is 0 Å². The van der Waals surface area contributed by atoms with Crippen molar-refractivity contribution in [2.75, 3.05) is 13.7 Å². The molecule has 0 radical (unpaired) electrons. The van der Waals surface area contributed by atoms with Gasteiger partial charge in [-0.15, -0.1) is 0 Å². The molecule has 15 heavy (non-hydrogen) atoms. The van der Waals surface area contributed by atoms with Crippen molar-refractivity contribution < 1.29 is 9.53 Å².